The third-order valence-corrected chi connectivity index (χ3v) is 7.09. The number of Topliss-reactive ketones (excluding diaryl/α,β-unsaturated/α-hetero) is 1. The van der Waals surface area contributed by atoms with Gasteiger partial charge in [-0.2, -0.15) is 0 Å². The molecule has 0 atom stereocenters. The van der Waals surface area contributed by atoms with E-state index in [0.29, 0.717) is 25.9 Å². The van der Waals surface area contributed by atoms with E-state index < -0.39 is 5.54 Å². The number of carbonyl (C=O) groups is 2. The number of benzene rings is 3. The van der Waals surface area contributed by atoms with E-state index in [2.05, 4.69) is 10.2 Å². The zero-order chi connectivity index (χ0) is 22.8. The smallest absolute Gasteiger partial charge is 0.247 e. The van der Waals surface area contributed by atoms with Gasteiger partial charge in [-0.25, -0.2) is 4.39 Å². The van der Waals surface area contributed by atoms with Crippen LogP contribution in [0.3, 0.4) is 0 Å². The summed E-state index contributed by atoms with van der Waals surface area (Å²) in [5, 5.41) is 5.18. The number of halogens is 1. The largest absolute Gasteiger partial charge is 0.339 e. The van der Waals surface area contributed by atoms with Crippen molar-refractivity contribution in [2.24, 2.45) is 0 Å². The van der Waals surface area contributed by atoms with Crippen LogP contribution in [0.4, 0.5) is 10.1 Å². The van der Waals surface area contributed by atoms with Crippen LogP contribution in [0.2, 0.25) is 0 Å². The maximum absolute atomic E-state index is 13.8. The molecule has 5 nitrogen and oxygen atoms in total. The van der Waals surface area contributed by atoms with E-state index in [-0.39, 0.29) is 17.5 Å². The number of nitrogens with zero attached hydrogens (tertiary/aromatic N) is 2. The van der Waals surface area contributed by atoms with Crippen molar-refractivity contribution >= 4 is 28.2 Å². The van der Waals surface area contributed by atoms with Gasteiger partial charge in [0.1, 0.15) is 11.4 Å². The molecule has 170 valence electrons. The fraction of sp³-hybridized carbons (Fsp3) is 0.333. The number of hydrogen-bond donors (Lipinski definition) is 1. The molecular weight excluding hydrogens is 417 g/mol. The normalized spacial score (nSPS) is 18.1. The van der Waals surface area contributed by atoms with Crippen molar-refractivity contribution in [3.63, 3.8) is 0 Å². The van der Waals surface area contributed by atoms with Gasteiger partial charge in [0.25, 0.3) is 0 Å². The number of fused-ring (bicyclic) bond motifs is 1. The van der Waals surface area contributed by atoms with Gasteiger partial charge in [0.15, 0.2) is 5.78 Å². The summed E-state index contributed by atoms with van der Waals surface area (Å²) in [5.41, 5.74) is 0.882. The highest BCUT2D eigenvalue weighted by Gasteiger charge is 2.50. The van der Waals surface area contributed by atoms with E-state index in [1.54, 1.807) is 6.07 Å². The van der Waals surface area contributed by atoms with Gasteiger partial charge in [0.2, 0.25) is 5.91 Å². The lowest BCUT2D eigenvalue weighted by Crippen LogP contribution is -2.56. The molecule has 33 heavy (non-hydrogen) atoms. The number of likely N-dealkylation sites (tertiary alicyclic amines) is 1. The number of rotatable bonds is 6. The molecule has 0 aliphatic carbocycles. The van der Waals surface area contributed by atoms with Gasteiger partial charge < -0.3 is 15.1 Å². The molecule has 2 saturated heterocycles. The van der Waals surface area contributed by atoms with Crippen LogP contribution < -0.4 is 10.2 Å². The quantitative estimate of drug-likeness (QED) is 0.573. The molecule has 2 aliphatic rings. The van der Waals surface area contributed by atoms with Crippen molar-refractivity contribution in [1.29, 1.82) is 0 Å². The third-order valence-electron chi connectivity index (χ3n) is 7.09. The Hall–Kier alpha value is -3.25. The zero-order valence-corrected chi connectivity index (χ0v) is 18.6. The number of hydrogen-bond acceptors (Lipinski definition) is 4. The number of ketones is 1. The van der Waals surface area contributed by atoms with E-state index in [1.165, 1.54) is 12.1 Å². The molecule has 2 heterocycles. The molecule has 1 amide bonds. The van der Waals surface area contributed by atoms with Crippen molar-refractivity contribution in [3.8, 4) is 0 Å². The minimum Gasteiger partial charge on any atom is -0.339 e. The monoisotopic (exact) mass is 445 g/mol. The summed E-state index contributed by atoms with van der Waals surface area (Å²) in [4.78, 5) is 29.8. The van der Waals surface area contributed by atoms with Gasteiger partial charge in [-0.1, -0.05) is 42.5 Å². The Bertz CT molecular complexity index is 1190. The maximum atomic E-state index is 13.8. The maximum Gasteiger partial charge on any atom is 0.247 e. The summed E-state index contributed by atoms with van der Waals surface area (Å²) in [6.45, 7) is 2.80. The molecule has 1 spiro atoms. The first kappa shape index (κ1) is 21.6. The topological polar surface area (TPSA) is 52.7 Å². The van der Waals surface area contributed by atoms with E-state index in [1.807, 2.05) is 53.4 Å². The van der Waals surface area contributed by atoms with Gasteiger partial charge in [-0.15, -0.1) is 0 Å². The van der Waals surface area contributed by atoms with Crippen LogP contribution in [-0.2, 0) is 4.79 Å². The summed E-state index contributed by atoms with van der Waals surface area (Å²) < 4.78 is 13.8. The molecular formula is C27H28FN3O2. The van der Waals surface area contributed by atoms with Crippen LogP contribution in [-0.4, -0.2) is 48.4 Å². The lowest BCUT2D eigenvalue weighted by atomic mass is 9.85. The van der Waals surface area contributed by atoms with E-state index in [0.717, 1.165) is 48.1 Å². The third kappa shape index (κ3) is 4.23. The lowest BCUT2D eigenvalue weighted by molar-refractivity contribution is -0.125. The highest BCUT2D eigenvalue weighted by atomic mass is 19.1. The van der Waals surface area contributed by atoms with Gasteiger partial charge in [0, 0.05) is 30.8 Å². The van der Waals surface area contributed by atoms with Crippen LogP contribution in [0.15, 0.2) is 66.7 Å². The SMILES string of the molecule is O=C(CCCN1CCC2(CC1)C(=O)NCN2c1cccc(F)c1)c1ccc2ccccc2c1. The standard InChI is InChI=1S/C27H28FN3O2/c28-23-7-3-8-24(18-23)31-19-29-26(33)27(31)12-15-30(16-13-27)14-4-9-25(32)22-11-10-20-5-1-2-6-21(20)17-22/h1-3,5-8,10-11,17-18H,4,9,12-16,19H2,(H,29,33). The second kappa shape index (κ2) is 8.94. The van der Waals surface area contributed by atoms with Crippen molar-refractivity contribution in [2.75, 3.05) is 31.2 Å². The summed E-state index contributed by atoms with van der Waals surface area (Å²) in [5.74, 6) is -0.102. The molecule has 0 bridgehead atoms. The predicted octanol–water partition coefficient (Wildman–Crippen LogP) is 4.37. The second-order valence-electron chi connectivity index (χ2n) is 9.03. The average molecular weight is 446 g/mol. The molecule has 2 fully saturated rings. The summed E-state index contributed by atoms with van der Waals surface area (Å²) in [7, 11) is 0. The Labute approximate surface area is 193 Å². The highest BCUT2D eigenvalue weighted by molar-refractivity contribution is 6.00. The van der Waals surface area contributed by atoms with Crippen LogP contribution in [0.1, 0.15) is 36.0 Å². The first-order valence-electron chi connectivity index (χ1n) is 11.6. The molecule has 3 aromatic carbocycles. The van der Waals surface area contributed by atoms with Crippen molar-refractivity contribution in [1.82, 2.24) is 10.2 Å². The lowest BCUT2D eigenvalue weighted by Gasteiger charge is -2.43. The van der Waals surface area contributed by atoms with Crippen molar-refractivity contribution < 1.29 is 14.0 Å². The van der Waals surface area contributed by atoms with E-state index in [4.69, 9.17) is 0 Å². The van der Waals surface area contributed by atoms with Gasteiger partial charge in [0.05, 0.1) is 6.67 Å². The van der Waals surface area contributed by atoms with Crippen molar-refractivity contribution in [3.05, 3.63) is 78.1 Å². The number of piperidine rings is 1. The molecule has 0 saturated carbocycles. The molecule has 5 rings (SSSR count). The van der Waals surface area contributed by atoms with Crippen LogP contribution in [0, 0.1) is 5.82 Å². The van der Waals surface area contributed by atoms with Crippen LogP contribution in [0.25, 0.3) is 10.8 Å². The Morgan fingerprint density at radius 1 is 0.970 bits per heavy atom. The minimum atomic E-state index is -0.620. The number of carbonyl (C=O) groups excluding carboxylic acids is 2. The van der Waals surface area contributed by atoms with E-state index in [9.17, 15) is 14.0 Å². The average Bonchev–Trinajstić information content (AvgIpc) is 3.15. The molecule has 0 unspecified atom stereocenters. The Morgan fingerprint density at radius 3 is 2.55 bits per heavy atom. The number of amides is 1. The zero-order valence-electron chi connectivity index (χ0n) is 18.6. The van der Waals surface area contributed by atoms with Gasteiger partial charge in [-0.05, 0) is 60.8 Å². The molecule has 2 aliphatic heterocycles. The second-order valence-corrected chi connectivity index (χ2v) is 9.03. The fourth-order valence-corrected chi connectivity index (χ4v) is 5.19. The first-order chi connectivity index (χ1) is 16.0. The van der Waals surface area contributed by atoms with Gasteiger partial charge in [-0.3, -0.25) is 9.59 Å². The van der Waals surface area contributed by atoms with E-state index >= 15 is 0 Å². The Kier molecular flexibility index (Phi) is 5.85. The van der Waals surface area contributed by atoms with Crippen LogP contribution in [0.5, 0.6) is 0 Å². The molecule has 3 aromatic rings. The van der Waals surface area contributed by atoms with Crippen LogP contribution >= 0.6 is 0 Å². The Morgan fingerprint density at radius 2 is 1.76 bits per heavy atom. The fourth-order valence-electron chi connectivity index (χ4n) is 5.19. The molecule has 1 N–H and O–H groups in total. The number of anilines is 1. The summed E-state index contributed by atoms with van der Waals surface area (Å²) in [6, 6.07) is 20.4. The summed E-state index contributed by atoms with van der Waals surface area (Å²) >= 11 is 0. The molecule has 0 radical (unpaired) electrons. The molecule has 6 heteroatoms. The van der Waals surface area contributed by atoms with Gasteiger partial charge >= 0.3 is 0 Å². The van der Waals surface area contributed by atoms with Crippen molar-refractivity contribution in [2.45, 2.75) is 31.2 Å². The first-order valence-corrected chi connectivity index (χ1v) is 11.6. The highest BCUT2D eigenvalue weighted by Crippen LogP contribution is 2.36. The Balaban J connectivity index is 1.16. The summed E-state index contributed by atoms with van der Waals surface area (Å²) in [6.07, 6.45) is 2.68. The molecule has 0 aromatic heterocycles. The predicted molar refractivity (Wildman–Crippen MR) is 128 cm³/mol. The minimum absolute atomic E-state index is 0.0258. The number of nitrogens with one attached hydrogen (secondary N) is 1.